The summed E-state index contributed by atoms with van der Waals surface area (Å²) < 4.78 is 7.71. The van der Waals surface area contributed by atoms with Gasteiger partial charge in [-0.25, -0.2) is 9.97 Å². The third kappa shape index (κ3) is 3.48. The molecule has 0 aliphatic carbocycles. The molecule has 2 heterocycles. The van der Waals surface area contributed by atoms with Crippen LogP contribution in [0.3, 0.4) is 0 Å². The highest BCUT2D eigenvalue weighted by Crippen LogP contribution is 2.26. The van der Waals surface area contributed by atoms with E-state index in [1.54, 1.807) is 6.08 Å². The van der Waals surface area contributed by atoms with E-state index in [2.05, 4.69) is 36.2 Å². The quantitative estimate of drug-likeness (QED) is 0.459. The molecule has 0 bridgehead atoms. The predicted molar refractivity (Wildman–Crippen MR) is 86.7 cm³/mol. The Morgan fingerprint density at radius 2 is 2.15 bits per heavy atom. The Balaban J connectivity index is 2.15. The smallest absolute Gasteiger partial charge is 0.147 e. The van der Waals surface area contributed by atoms with Gasteiger partial charge in [0.25, 0.3) is 0 Å². The predicted octanol–water partition coefficient (Wildman–Crippen LogP) is 4.04. The minimum Gasteiger partial charge on any atom is -0.361 e. The minimum atomic E-state index is -1.06. The Morgan fingerprint density at radius 3 is 2.80 bits per heavy atom. The van der Waals surface area contributed by atoms with E-state index in [1.807, 2.05) is 10.8 Å². The normalized spacial score (nSPS) is 12.0. The van der Waals surface area contributed by atoms with Gasteiger partial charge < -0.3 is 9.30 Å². The number of halogens is 1. The summed E-state index contributed by atoms with van der Waals surface area (Å²) in [5.74, 6) is 0. The summed E-state index contributed by atoms with van der Waals surface area (Å²) in [6.45, 7) is 12.1. The number of nitrogens with zero attached hydrogens (tertiary/aromatic N) is 3. The summed E-state index contributed by atoms with van der Waals surface area (Å²) in [7, 11) is -1.06. The van der Waals surface area contributed by atoms with Gasteiger partial charge in [-0.3, -0.25) is 0 Å². The van der Waals surface area contributed by atoms with Crippen LogP contribution in [0.1, 0.15) is 5.56 Å². The van der Waals surface area contributed by atoms with E-state index in [4.69, 9.17) is 16.3 Å². The summed E-state index contributed by atoms with van der Waals surface area (Å²) >= 11 is 6.13. The second-order valence-corrected chi connectivity index (χ2v) is 11.9. The van der Waals surface area contributed by atoms with Crippen LogP contribution in [0.25, 0.3) is 17.1 Å². The first kappa shape index (κ1) is 15.2. The molecule has 0 unspecified atom stereocenters. The van der Waals surface area contributed by atoms with Crippen LogP contribution in [-0.4, -0.2) is 29.2 Å². The van der Waals surface area contributed by atoms with Crippen LogP contribution in [0.15, 0.2) is 19.1 Å². The number of hydrogen-bond donors (Lipinski definition) is 0. The van der Waals surface area contributed by atoms with Gasteiger partial charge in [0.05, 0.1) is 5.39 Å². The average Bonchev–Trinajstić information content (AvgIpc) is 2.73. The standard InChI is InChI=1S/C14H20ClN3OSi/c1-5-11-8-18(10-19-6-7-20(2,3)4)14-12(11)13(15)16-9-17-14/h5,8-9H,1,6-7,10H2,2-4H3. The Morgan fingerprint density at radius 1 is 1.40 bits per heavy atom. The molecular formula is C14H20ClN3OSi. The van der Waals surface area contributed by atoms with Crippen molar-refractivity contribution in [3.8, 4) is 0 Å². The first-order valence-corrected chi connectivity index (χ1v) is 10.7. The van der Waals surface area contributed by atoms with E-state index in [9.17, 15) is 0 Å². The molecule has 20 heavy (non-hydrogen) atoms. The Hall–Kier alpha value is -1.17. The molecule has 6 heteroatoms. The van der Waals surface area contributed by atoms with Crippen molar-refractivity contribution in [2.24, 2.45) is 0 Å². The highest BCUT2D eigenvalue weighted by Gasteiger charge is 2.14. The van der Waals surface area contributed by atoms with E-state index in [1.165, 1.54) is 6.33 Å². The van der Waals surface area contributed by atoms with E-state index in [-0.39, 0.29) is 0 Å². The maximum Gasteiger partial charge on any atom is 0.147 e. The van der Waals surface area contributed by atoms with Gasteiger partial charge in [0.1, 0.15) is 23.9 Å². The molecule has 2 aromatic heterocycles. The van der Waals surface area contributed by atoms with Crippen molar-refractivity contribution in [2.45, 2.75) is 32.4 Å². The molecule has 4 nitrogen and oxygen atoms in total. The maximum atomic E-state index is 6.13. The first-order chi connectivity index (χ1) is 9.42. The molecule has 0 saturated carbocycles. The number of aromatic nitrogens is 3. The zero-order valence-corrected chi connectivity index (χ0v) is 13.9. The third-order valence-corrected chi connectivity index (χ3v) is 5.07. The molecule has 2 rings (SSSR count). The minimum absolute atomic E-state index is 0.450. The highest BCUT2D eigenvalue weighted by molar-refractivity contribution is 6.76. The molecule has 0 aliphatic rings. The molecule has 0 aromatic carbocycles. The number of hydrogen-bond acceptors (Lipinski definition) is 3. The zero-order valence-electron chi connectivity index (χ0n) is 12.2. The average molecular weight is 310 g/mol. The summed E-state index contributed by atoms with van der Waals surface area (Å²) in [6.07, 6.45) is 5.18. The van der Waals surface area contributed by atoms with Crippen LogP contribution in [0.4, 0.5) is 0 Å². The summed E-state index contributed by atoms with van der Waals surface area (Å²) in [5, 5.41) is 1.28. The highest BCUT2D eigenvalue weighted by atomic mass is 35.5. The van der Waals surface area contributed by atoms with Crippen LogP contribution in [-0.2, 0) is 11.5 Å². The zero-order chi connectivity index (χ0) is 14.8. The van der Waals surface area contributed by atoms with Gasteiger partial charge >= 0.3 is 0 Å². The fourth-order valence-electron chi connectivity index (χ4n) is 1.91. The van der Waals surface area contributed by atoms with Crippen LogP contribution < -0.4 is 0 Å². The number of fused-ring (bicyclic) bond motifs is 1. The fraction of sp³-hybridized carbons (Fsp3) is 0.429. The summed E-state index contributed by atoms with van der Waals surface area (Å²) in [5.41, 5.74) is 1.72. The molecule has 0 fully saturated rings. The van der Waals surface area contributed by atoms with E-state index in [0.29, 0.717) is 11.9 Å². The van der Waals surface area contributed by atoms with Crippen LogP contribution >= 0.6 is 11.6 Å². The van der Waals surface area contributed by atoms with Crippen molar-refractivity contribution < 1.29 is 4.74 Å². The molecule has 0 spiro atoms. The van der Waals surface area contributed by atoms with Crippen LogP contribution in [0.2, 0.25) is 30.8 Å². The van der Waals surface area contributed by atoms with Crippen molar-refractivity contribution in [1.82, 2.24) is 14.5 Å². The van der Waals surface area contributed by atoms with E-state index >= 15 is 0 Å². The Bertz CT molecular complexity index is 619. The lowest BCUT2D eigenvalue weighted by Crippen LogP contribution is -2.22. The van der Waals surface area contributed by atoms with Crippen molar-refractivity contribution in [3.63, 3.8) is 0 Å². The topological polar surface area (TPSA) is 39.9 Å². The second-order valence-electron chi connectivity index (χ2n) is 5.97. The van der Waals surface area contributed by atoms with Crippen LogP contribution in [0.5, 0.6) is 0 Å². The third-order valence-electron chi connectivity index (χ3n) is 3.08. The Labute approximate surface area is 125 Å². The molecule has 0 radical (unpaired) electrons. The van der Waals surface area contributed by atoms with Crippen LogP contribution in [0, 0.1) is 0 Å². The molecule has 2 aromatic rings. The number of ether oxygens (including phenoxy) is 1. The van der Waals surface area contributed by atoms with Gasteiger partial charge in [-0.2, -0.15) is 0 Å². The van der Waals surface area contributed by atoms with Crippen molar-refractivity contribution >= 4 is 36.8 Å². The number of rotatable bonds is 6. The molecule has 0 saturated heterocycles. The fourth-order valence-corrected chi connectivity index (χ4v) is 2.90. The largest absolute Gasteiger partial charge is 0.361 e. The lowest BCUT2D eigenvalue weighted by atomic mass is 10.2. The lowest BCUT2D eigenvalue weighted by Gasteiger charge is -2.15. The van der Waals surface area contributed by atoms with Gasteiger partial charge in [0.2, 0.25) is 0 Å². The first-order valence-electron chi connectivity index (χ1n) is 6.62. The molecule has 0 atom stereocenters. The van der Waals surface area contributed by atoms with Gasteiger partial charge in [-0.05, 0) is 6.04 Å². The lowest BCUT2D eigenvalue weighted by molar-refractivity contribution is 0.0898. The Kier molecular flexibility index (Phi) is 4.62. The second kappa shape index (κ2) is 6.07. The summed E-state index contributed by atoms with van der Waals surface area (Å²) in [6, 6.07) is 1.15. The SMILES string of the molecule is C=Cc1cn(COCC[Si](C)(C)C)c2ncnc(Cl)c12. The molecule has 0 N–H and O–H groups in total. The van der Waals surface area contributed by atoms with Gasteiger partial charge in [0.15, 0.2) is 0 Å². The van der Waals surface area contributed by atoms with E-state index in [0.717, 1.165) is 29.2 Å². The molecular weight excluding hydrogens is 290 g/mol. The van der Waals surface area contributed by atoms with Gasteiger partial charge in [-0.15, -0.1) is 0 Å². The van der Waals surface area contributed by atoms with Crippen molar-refractivity contribution in [3.05, 3.63) is 29.8 Å². The molecule has 0 aliphatic heterocycles. The van der Waals surface area contributed by atoms with Crippen molar-refractivity contribution in [2.75, 3.05) is 6.61 Å². The monoisotopic (exact) mass is 309 g/mol. The van der Waals surface area contributed by atoms with E-state index < -0.39 is 8.07 Å². The van der Waals surface area contributed by atoms with Gasteiger partial charge in [-0.1, -0.05) is 43.9 Å². The molecule has 0 amide bonds. The van der Waals surface area contributed by atoms with Gasteiger partial charge in [0, 0.05) is 26.4 Å². The molecule has 108 valence electrons. The summed E-state index contributed by atoms with van der Waals surface area (Å²) in [4.78, 5) is 8.30. The van der Waals surface area contributed by atoms with Crippen molar-refractivity contribution in [1.29, 1.82) is 0 Å². The maximum absolute atomic E-state index is 6.13.